The highest BCUT2D eigenvalue weighted by atomic mass is 127. The van der Waals surface area contributed by atoms with E-state index >= 15 is 0 Å². The minimum Gasteiger partial charge on any atom is -0.0928 e. The highest BCUT2D eigenvalue weighted by Crippen LogP contribution is 2.03. The zero-order valence-corrected chi connectivity index (χ0v) is 15.0. The Hall–Kier alpha value is 1.21. The molecule has 0 nitrogen and oxygen atoms in total. The van der Waals surface area contributed by atoms with Crippen molar-refractivity contribution in [1.82, 2.24) is 0 Å². The van der Waals surface area contributed by atoms with Crippen molar-refractivity contribution in [2.24, 2.45) is 0 Å². The third kappa shape index (κ3) is 24.4. The third-order valence-electron chi connectivity index (χ3n) is 2.47. The Morgan fingerprint density at radius 3 is 1.50 bits per heavy atom. The quantitative estimate of drug-likeness (QED) is 0.214. The Morgan fingerprint density at radius 1 is 0.688 bits per heavy atom. The molecule has 0 aliphatic heterocycles. The van der Waals surface area contributed by atoms with Gasteiger partial charge in [-0.3, -0.25) is 0 Å². The molecule has 0 aromatic rings. The van der Waals surface area contributed by atoms with Gasteiger partial charge < -0.3 is 0 Å². The summed E-state index contributed by atoms with van der Waals surface area (Å²) >= 11 is 5.84. The van der Waals surface area contributed by atoms with Crippen LogP contribution >= 0.6 is 38.5 Å². The van der Waals surface area contributed by atoms with Crippen LogP contribution in [-0.4, -0.2) is 9.76 Å². The second-order valence-corrected chi connectivity index (χ2v) is 6.08. The van der Waals surface area contributed by atoms with Gasteiger partial charge in [0.1, 0.15) is 0 Å². The van der Waals surface area contributed by atoms with Crippen LogP contribution in [0.15, 0.2) is 0 Å². The Labute approximate surface area is 126 Å². The molecule has 0 aromatic heterocycles. The van der Waals surface area contributed by atoms with Crippen LogP contribution < -0.4 is 0 Å². The van der Waals surface area contributed by atoms with Crippen LogP contribution in [0.3, 0.4) is 0 Å². The fourth-order valence-corrected chi connectivity index (χ4v) is 2.33. The van der Waals surface area contributed by atoms with Crippen molar-refractivity contribution in [3.05, 3.63) is 0 Å². The van der Waals surface area contributed by atoms with E-state index < -0.39 is 0 Å². The summed E-state index contributed by atoms with van der Waals surface area (Å²) in [4.78, 5) is 0. The van der Waals surface area contributed by atoms with E-state index in [2.05, 4.69) is 52.4 Å². The lowest BCUT2D eigenvalue weighted by Gasteiger charge is -1.93. The molecule has 0 spiro atoms. The normalized spacial score (nSPS) is 9.75. The van der Waals surface area contributed by atoms with Crippen LogP contribution in [0.25, 0.3) is 0 Å². The molecule has 0 atom stereocenters. The van der Waals surface area contributed by atoms with Crippen molar-refractivity contribution in [3.8, 4) is 0 Å². The maximum Gasteiger partial charge on any atom is 0.00313 e. The monoisotopic (exact) mass is 404 g/mol. The predicted octanol–water partition coefficient (Wildman–Crippen LogP) is 6.74. The van der Waals surface area contributed by atoms with Crippen molar-refractivity contribution < 1.29 is 0 Å². The smallest absolute Gasteiger partial charge is 0.00313 e. The first-order valence-corrected chi connectivity index (χ1v) is 9.60. The van der Waals surface area contributed by atoms with Crippen molar-refractivity contribution in [2.75, 3.05) is 9.76 Å². The van der Waals surface area contributed by atoms with E-state index in [1.54, 1.807) is 0 Å². The molecular formula is C14H30BrI. The van der Waals surface area contributed by atoms with E-state index in [-0.39, 0.29) is 0 Å². The highest BCUT2D eigenvalue weighted by Gasteiger charge is 1.84. The van der Waals surface area contributed by atoms with Gasteiger partial charge in [0, 0.05) is 5.33 Å². The zero-order valence-electron chi connectivity index (χ0n) is 11.2. The fourth-order valence-electron chi connectivity index (χ4n) is 1.40. The van der Waals surface area contributed by atoms with Gasteiger partial charge in [0.05, 0.1) is 0 Å². The second-order valence-electron chi connectivity index (χ2n) is 4.21. The summed E-state index contributed by atoms with van der Waals surface area (Å²) in [5.74, 6) is 0. The molecule has 0 N–H and O–H groups in total. The maximum absolute atomic E-state index is 3.40. The van der Waals surface area contributed by atoms with Crippen LogP contribution in [0.2, 0.25) is 0 Å². The van der Waals surface area contributed by atoms with Gasteiger partial charge in [-0.15, -0.1) is 0 Å². The molecule has 0 rings (SSSR count). The van der Waals surface area contributed by atoms with Gasteiger partial charge >= 0.3 is 0 Å². The summed E-state index contributed by atoms with van der Waals surface area (Å²) in [6.45, 7) is 4.50. The summed E-state index contributed by atoms with van der Waals surface area (Å²) in [6, 6.07) is 0. The molecule has 2 heteroatoms. The van der Waals surface area contributed by atoms with E-state index in [4.69, 9.17) is 0 Å². The van der Waals surface area contributed by atoms with Crippen LogP contribution in [0.5, 0.6) is 0 Å². The lowest BCUT2D eigenvalue weighted by molar-refractivity contribution is 0.660. The van der Waals surface area contributed by atoms with Gasteiger partial charge in [0.15, 0.2) is 0 Å². The van der Waals surface area contributed by atoms with Gasteiger partial charge in [-0.1, -0.05) is 104 Å². The fraction of sp³-hybridized carbons (Fsp3) is 1.00. The Balaban J connectivity index is 0. The number of rotatable bonds is 10. The van der Waals surface area contributed by atoms with Crippen molar-refractivity contribution in [2.45, 2.75) is 78.1 Å². The first kappa shape index (κ1) is 19.5. The topological polar surface area (TPSA) is 0 Å². The average Bonchev–Trinajstić information content (AvgIpc) is 2.31. The summed E-state index contributed by atoms with van der Waals surface area (Å²) in [6.07, 6.45) is 14.0. The third-order valence-corrected chi connectivity index (χ3v) is 3.80. The standard InChI is InChI=1S/C7H15Br.C7H15I/c2*1-2-3-4-5-6-7-8/h2*2-7H2,1H3. The molecule has 0 aliphatic rings. The van der Waals surface area contributed by atoms with Gasteiger partial charge in [0.2, 0.25) is 0 Å². The summed E-state index contributed by atoms with van der Waals surface area (Å²) in [7, 11) is 0. The molecule has 0 aliphatic carbocycles. The molecule has 0 amide bonds. The molecular weight excluding hydrogens is 375 g/mol. The molecule has 0 saturated heterocycles. The second kappa shape index (κ2) is 21.5. The van der Waals surface area contributed by atoms with Gasteiger partial charge in [-0.05, 0) is 17.3 Å². The van der Waals surface area contributed by atoms with Crippen LogP contribution in [-0.2, 0) is 0 Å². The SMILES string of the molecule is CCCCCCCBr.CCCCCCCI. The highest BCUT2D eigenvalue weighted by molar-refractivity contribution is 14.1. The summed E-state index contributed by atoms with van der Waals surface area (Å²) < 4.78 is 1.33. The van der Waals surface area contributed by atoms with E-state index in [9.17, 15) is 0 Å². The average molecular weight is 405 g/mol. The summed E-state index contributed by atoms with van der Waals surface area (Å²) in [5, 5.41) is 1.18. The van der Waals surface area contributed by atoms with Crippen molar-refractivity contribution in [3.63, 3.8) is 0 Å². The molecule has 0 fully saturated rings. The molecule has 0 saturated carbocycles. The van der Waals surface area contributed by atoms with Gasteiger partial charge in [0.25, 0.3) is 0 Å². The maximum atomic E-state index is 3.40. The van der Waals surface area contributed by atoms with Crippen LogP contribution in [0.1, 0.15) is 78.1 Å². The zero-order chi connectivity index (χ0) is 12.5. The Bertz CT molecular complexity index is 72.7. The van der Waals surface area contributed by atoms with Crippen LogP contribution in [0, 0.1) is 0 Å². The van der Waals surface area contributed by atoms with Gasteiger partial charge in [-0.25, -0.2) is 0 Å². The molecule has 0 bridgehead atoms. The van der Waals surface area contributed by atoms with Crippen LogP contribution in [0.4, 0.5) is 0 Å². The molecule has 0 radical (unpaired) electrons. The van der Waals surface area contributed by atoms with Crippen molar-refractivity contribution in [1.29, 1.82) is 0 Å². The molecule has 16 heavy (non-hydrogen) atoms. The summed E-state index contributed by atoms with van der Waals surface area (Å²) in [5.41, 5.74) is 0. The van der Waals surface area contributed by atoms with Crippen molar-refractivity contribution >= 4 is 38.5 Å². The van der Waals surface area contributed by atoms with E-state index in [0.717, 1.165) is 0 Å². The Kier molecular flexibility index (Phi) is 26.3. The number of hydrogen-bond acceptors (Lipinski definition) is 0. The molecule has 0 unspecified atom stereocenters. The molecule has 100 valence electrons. The Morgan fingerprint density at radius 2 is 1.12 bits per heavy atom. The van der Waals surface area contributed by atoms with Gasteiger partial charge in [-0.2, -0.15) is 0 Å². The largest absolute Gasteiger partial charge is 0.0928 e. The van der Waals surface area contributed by atoms with E-state index in [0.29, 0.717) is 0 Å². The minimum absolute atomic E-state index is 1.18. The predicted molar refractivity (Wildman–Crippen MR) is 90.2 cm³/mol. The molecule has 0 heterocycles. The van der Waals surface area contributed by atoms with E-state index in [1.165, 1.54) is 74.0 Å². The molecule has 0 aromatic carbocycles. The van der Waals surface area contributed by atoms with E-state index in [1.807, 2.05) is 0 Å². The number of halogens is 2. The minimum atomic E-state index is 1.18. The number of alkyl halides is 2. The lowest BCUT2D eigenvalue weighted by atomic mass is 10.2. The first-order valence-electron chi connectivity index (χ1n) is 6.95. The first-order chi connectivity index (χ1) is 7.83. The number of unbranched alkanes of at least 4 members (excludes halogenated alkanes) is 8. The lowest BCUT2D eigenvalue weighted by Crippen LogP contribution is -1.76. The number of hydrogen-bond donors (Lipinski definition) is 0.